The summed E-state index contributed by atoms with van der Waals surface area (Å²) in [5.41, 5.74) is 7.06. The Kier molecular flexibility index (Phi) is 3.24. The first-order valence-corrected chi connectivity index (χ1v) is 7.89. The van der Waals surface area contributed by atoms with Gasteiger partial charge in [-0.2, -0.15) is 5.26 Å². The maximum Gasteiger partial charge on any atom is 0.107 e. The number of nitriles is 1. The molecule has 2 aromatic carbocycles. The van der Waals surface area contributed by atoms with Gasteiger partial charge in [-0.05, 0) is 42.5 Å². The highest BCUT2D eigenvalue weighted by atomic mass is 15.1. The largest absolute Gasteiger partial charge is 0.324 e. The molecule has 0 saturated carbocycles. The zero-order valence-electron chi connectivity index (χ0n) is 13.1. The summed E-state index contributed by atoms with van der Waals surface area (Å²) in [5, 5.41) is 9.03. The van der Waals surface area contributed by atoms with Crippen molar-refractivity contribution in [2.45, 2.75) is 26.3 Å². The maximum atomic E-state index is 9.03. The first kappa shape index (κ1) is 13.8. The van der Waals surface area contributed by atoms with Crippen LogP contribution >= 0.6 is 0 Å². The molecule has 0 radical (unpaired) electrons. The fraction of sp³-hybridized carbons (Fsp3) is 0.200. The molecule has 112 valence electrons. The van der Waals surface area contributed by atoms with Crippen LogP contribution in [0, 0.1) is 18.3 Å². The third kappa shape index (κ3) is 2.24. The van der Waals surface area contributed by atoms with Crippen molar-refractivity contribution in [3.05, 3.63) is 71.1 Å². The Bertz CT molecular complexity index is 956. The minimum Gasteiger partial charge on any atom is -0.324 e. The average molecular weight is 299 g/mol. The minimum absolute atomic E-state index is 0.819. The third-order valence-corrected chi connectivity index (χ3v) is 4.61. The molecule has 0 unspecified atom stereocenters. The van der Waals surface area contributed by atoms with E-state index in [0.717, 1.165) is 41.8 Å². The second kappa shape index (κ2) is 5.40. The highest BCUT2D eigenvalue weighted by Crippen LogP contribution is 2.37. The molecular weight excluding hydrogens is 282 g/mol. The zero-order chi connectivity index (χ0) is 15.8. The van der Waals surface area contributed by atoms with Gasteiger partial charge in [-0.1, -0.05) is 36.4 Å². The number of allylic oxidation sites excluding steroid dienone is 2. The van der Waals surface area contributed by atoms with Gasteiger partial charge in [0, 0.05) is 18.2 Å². The Morgan fingerprint density at radius 2 is 2.00 bits per heavy atom. The minimum atomic E-state index is 0.819. The summed E-state index contributed by atoms with van der Waals surface area (Å²) in [5.74, 6) is 1.01. The van der Waals surface area contributed by atoms with Crippen LogP contribution in [0.5, 0.6) is 0 Å². The zero-order valence-corrected chi connectivity index (χ0v) is 13.1. The molecule has 0 fully saturated rings. The van der Waals surface area contributed by atoms with Crippen LogP contribution in [0.2, 0.25) is 0 Å². The van der Waals surface area contributed by atoms with Crippen LogP contribution in [0.25, 0.3) is 16.6 Å². The highest BCUT2D eigenvalue weighted by Gasteiger charge is 2.22. The van der Waals surface area contributed by atoms with Gasteiger partial charge in [-0.15, -0.1) is 0 Å². The van der Waals surface area contributed by atoms with Gasteiger partial charge in [0.2, 0.25) is 0 Å². The number of rotatable bonds is 2. The van der Waals surface area contributed by atoms with Gasteiger partial charge in [0.05, 0.1) is 17.1 Å². The number of benzene rings is 2. The number of aryl methyl sites for hydroxylation is 2. The molecule has 1 heterocycles. The van der Waals surface area contributed by atoms with E-state index in [4.69, 9.17) is 10.2 Å². The lowest BCUT2D eigenvalue weighted by Gasteiger charge is -2.08. The fourth-order valence-corrected chi connectivity index (χ4v) is 3.50. The van der Waals surface area contributed by atoms with Crippen molar-refractivity contribution in [3.8, 4) is 6.07 Å². The van der Waals surface area contributed by atoms with Gasteiger partial charge in [0.15, 0.2) is 0 Å². The summed E-state index contributed by atoms with van der Waals surface area (Å²) in [6.45, 7) is 2.87. The number of fused-ring (bicyclic) bond motifs is 3. The Morgan fingerprint density at radius 1 is 1.17 bits per heavy atom. The first-order chi connectivity index (χ1) is 11.3. The van der Waals surface area contributed by atoms with E-state index in [1.807, 2.05) is 6.07 Å². The standard InChI is InChI=1S/C20H17N3/c1-14-22-20-18(23(14)13-15-5-3-2-4-6-15)10-9-16-7-8-17(11-12-21)19(16)20/h2-6,9-11H,7-8,13H2,1H3/b17-11+. The van der Waals surface area contributed by atoms with E-state index >= 15 is 0 Å². The summed E-state index contributed by atoms with van der Waals surface area (Å²) >= 11 is 0. The Morgan fingerprint density at radius 3 is 2.78 bits per heavy atom. The molecule has 0 saturated heterocycles. The van der Waals surface area contributed by atoms with E-state index in [1.54, 1.807) is 6.08 Å². The van der Waals surface area contributed by atoms with Crippen molar-refractivity contribution in [2.75, 3.05) is 0 Å². The highest BCUT2D eigenvalue weighted by molar-refractivity contribution is 5.93. The summed E-state index contributed by atoms with van der Waals surface area (Å²) in [4.78, 5) is 4.83. The molecule has 1 aliphatic carbocycles. The van der Waals surface area contributed by atoms with E-state index < -0.39 is 0 Å². The maximum absolute atomic E-state index is 9.03. The number of hydrogen-bond acceptors (Lipinski definition) is 2. The predicted octanol–water partition coefficient (Wildman–Crippen LogP) is 4.25. The van der Waals surface area contributed by atoms with Crippen molar-refractivity contribution in [2.24, 2.45) is 0 Å². The lowest BCUT2D eigenvalue weighted by Crippen LogP contribution is -2.01. The molecule has 0 atom stereocenters. The molecule has 1 aromatic heterocycles. The molecule has 0 bridgehead atoms. The van der Waals surface area contributed by atoms with Crippen molar-refractivity contribution in [1.29, 1.82) is 5.26 Å². The Balaban J connectivity index is 1.89. The topological polar surface area (TPSA) is 41.6 Å². The molecule has 0 N–H and O–H groups in total. The van der Waals surface area contributed by atoms with Gasteiger partial charge in [-0.25, -0.2) is 4.98 Å². The van der Waals surface area contributed by atoms with Gasteiger partial charge in [-0.3, -0.25) is 0 Å². The van der Waals surface area contributed by atoms with Gasteiger partial charge in [0.1, 0.15) is 5.82 Å². The van der Waals surface area contributed by atoms with Crippen LogP contribution in [0.4, 0.5) is 0 Å². The van der Waals surface area contributed by atoms with Crippen LogP contribution < -0.4 is 0 Å². The normalized spacial score (nSPS) is 15.0. The SMILES string of the molecule is Cc1nc2c3c(ccc2n1Cc1ccccc1)CC/C3=C\C#N. The molecule has 0 spiro atoms. The molecule has 0 amide bonds. The van der Waals surface area contributed by atoms with E-state index in [0.29, 0.717) is 0 Å². The van der Waals surface area contributed by atoms with Gasteiger partial charge in [0.25, 0.3) is 0 Å². The molecule has 1 aliphatic rings. The predicted molar refractivity (Wildman–Crippen MR) is 91.9 cm³/mol. The van der Waals surface area contributed by atoms with E-state index in [1.165, 1.54) is 16.7 Å². The molecule has 0 aliphatic heterocycles. The third-order valence-electron chi connectivity index (χ3n) is 4.61. The summed E-state index contributed by atoms with van der Waals surface area (Å²) in [7, 11) is 0. The summed E-state index contributed by atoms with van der Waals surface area (Å²) < 4.78 is 2.26. The Hall–Kier alpha value is -2.86. The molecular formula is C20H17N3. The van der Waals surface area contributed by atoms with Crippen LogP contribution in [0.3, 0.4) is 0 Å². The van der Waals surface area contributed by atoms with Crippen LogP contribution in [0.15, 0.2) is 48.5 Å². The number of imidazole rings is 1. The first-order valence-electron chi connectivity index (χ1n) is 7.89. The quantitative estimate of drug-likeness (QED) is 0.664. The fourth-order valence-electron chi connectivity index (χ4n) is 3.50. The van der Waals surface area contributed by atoms with Gasteiger partial charge >= 0.3 is 0 Å². The van der Waals surface area contributed by atoms with E-state index in [-0.39, 0.29) is 0 Å². The molecule has 3 aromatic rings. The van der Waals surface area contributed by atoms with Crippen molar-refractivity contribution in [1.82, 2.24) is 9.55 Å². The van der Waals surface area contributed by atoms with E-state index in [2.05, 4.69) is 54.0 Å². The van der Waals surface area contributed by atoms with Crippen LogP contribution in [-0.4, -0.2) is 9.55 Å². The Labute approximate surface area is 135 Å². The second-order valence-corrected chi connectivity index (χ2v) is 6.00. The summed E-state index contributed by atoms with van der Waals surface area (Å²) in [6.07, 6.45) is 3.62. The lowest BCUT2D eigenvalue weighted by molar-refractivity contribution is 0.786. The summed E-state index contributed by atoms with van der Waals surface area (Å²) in [6, 6.07) is 17.0. The molecule has 3 nitrogen and oxygen atoms in total. The van der Waals surface area contributed by atoms with Crippen molar-refractivity contribution >= 4 is 16.6 Å². The lowest BCUT2D eigenvalue weighted by atomic mass is 10.1. The smallest absolute Gasteiger partial charge is 0.107 e. The monoisotopic (exact) mass is 299 g/mol. The number of nitrogens with zero attached hydrogens (tertiary/aromatic N) is 3. The van der Waals surface area contributed by atoms with Crippen molar-refractivity contribution in [3.63, 3.8) is 0 Å². The van der Waals surface area contributed by atoms with E-state index in [9.17, 15) is 0 Å². The van der Waals surface area contributed by atoms with Crippen molar-refractivity contribution < 1.29 is 0 Å². The molecule has 3 heteroatoms. The number of hydrogen-bond donors (Lipinski definition) is 0. The number of aromatic nitrogens is 2. The average Bonchev–Trinajstić information content (AvgIpc) is 3.11. The van der Waals surface area contributed by atoms with Crippen LogP contribution in [-0.2, 0) is 13.0 Å². The molecule has 4 rings (SSSR count). The molecule has 23 heavy (non-hydrogen) atoms. The van der Waals surface area contributed by atoms with Crippen LogP contribution in [0.1, 0.15) is 28.9 Å². The second-order valence-electron chi connectivity index (χ2n) is 6.00. The van der Waals surface area contributed by atoms with Gasteiger partial charge < -0.3 is 4.57 Å².